The van der Waals surface area contributed by atoms with Crippen LogP contribution in [0, 0.1) is 28.6 Å². The maximum atomic E-state index is 17.4. The van der Waals surface area contributed by atoms with Gasteiger partial charge in [0.05, 0.1) is 12.6 Å². The number of alkyl halides is 2. The van der Waals surface area contributed by atoms with E-state index in [4.69, 9.17) is 4.84 Å². The lowest BCUT2D eigenvalue weighted by Crippen LogP contribution is -2.70. The topological polar surface area (TPSA) is 104 Å². The lowest BCUT2D eigenvalue weighted by Gasteiger charge is -2.63. The highest BCUT2D eigenvalue weighted by Crippen LogP contribution is 2.72. The predicted octanol–water partition coefficient (Wildman–Crippen LogP) is 2.37. The smallest absolute Gasteiger partial charge is 0.192 e. The molecule has 0 unspecified atom stereocenters. The van der Waals surface area contributed by atoms with Gasteiger partial charge in [-0.3, -0.25) is 19.2 Å². The van der Waals surface area contributed by atoms with E-state index in [2.05, 4.69) is 0 Å². The molecule has 6 rings (SSSR count). The molecule has 2 N–H and O–H groups in total. The third-order valence-electron chi connectivity index (χ3n) is 10.7. The Balaban J connectivity index is 1.40. The number of ketones is 3. The van der Waals surface area contributed by atoms with Crippen molar-refractivity contribution in [3.05, 3.63) is 35.5 Å². The van der Waals surface area contributed by atoms with Crippen LogP contribution in [0.5, 0.6) is 0 Å². The van der Waals surface area contributed by atoms with Gasteiger partial charge in [-0.05, 0) is 56.3 Å². The van der Waals surface area contributed by atoms with Gasteiger partial charge >= 0.3 is 0 Å². The fraction of sp³-hybridized carbons (Fsp3) is 0.679. The second kappa shape index (κ2) is 7.97. The van der Waals surface area contributed by atoms with Gasteiger partial charge in [-0.2, -0.15) is 5.06 Å². The van der Waals surface area contributed by atoms with Crippen LogP contribution < -0.4 is 0 Å². The highest BCUT2D eigenvalue weighted by molar-refractivity contribution is 6.01. The van der Waals surface area contributed by atoms with Gasteiger partial charge in [-0.15, -0.1) is 0 Å². The maximum absolute atomic E-state index is 17.4. The van der Waals surface area contributed by atoms with Crippen LogP contribution in [0.15, 0.2) is 35.5 Å². The normalized spacial score (nSPS) is 48.8. The van der Waals surface area contributed by atoms with Crippen molar-refractivity contribution in [2.24, 2.45) is 28.6 Å². The molecule has 0 bridgehead atoms. The van der Waals surface area contributed by atoms with E-state index < -0.39 is 70.3 Å². The average molecular weight is 518 g/mol. The second-order valence-electron chi connectivity index (χ2n) is 12.2. The van der Waals surface area contributed by atoms with Gasteiger partial charge in [-0.1, -0.05) is 19.1 Å². The van der Waals surface area contributed by atoms with Crippen LogP contribution in [0.1, 0.15) is 46.0 Å². The Hall–Kier alpha value is -2.07. The lowest BCUT2D eigenvalue weighted by atomic mass is 9.44. The molecule has 0 aromatic rings. The Labute approximate surface area is 214 Å². The number of hydroxylamine groups is 2. The zero-order valence-electron chi connectivity index (χ0n) is 21.1. The number of Topliss-reactive ketones (excluding diaryl/α,β-unsaturated/α-hetero) is 2. The predicted molar refractivity (Wildman–Crippen MR) is 127 cm³/mol. The quantitative estimate of drug-likeness (QED) is 0.590. The number of halogens is 2. The van der Waals surface area contributed by atoms with Gasteiger partial charge < -0.3 is 10.2 Å². The molecular formula is C28H33F2NO6. The van der Waals surface area contributed by atoms with Crippen LogP contribution in [0.25, 0.3) is 0 Å². The van der Waals surface area contributed by atoms with Crippen molar-refractivity contribution >= 4 is 17.3 Å². The first-order valence-corrected chi connectivity index (χ1v) is 13.2. The summed E-state index contributed by atoms with van der Waals surface area (Å²) in [5, 5.41) is 23.1. The number of rotatable bonds is 4. The largest absolute Gasteiger partial charge is 0.390 e. The molecule has 9 heteroatoms. The van der Waals surface area contributed by atoms with E-state index in [0.29, 0.717) is 31.4 Å². The minimum absolute atomic E-state index is 0.0369. The van der Waals surface area contributed by atoms with E-state index >= 15 is 8.78 Å². The summed E-state index contributed by atoms with van der Waals surface area (Å²) >= 11 is 0. The van der Waals surface area contributed by atoms with E-state index in [-0.39, 0.29) is 30.7 Å². The highest BCUT2D eigenvalue weighted by Gasteiger charge is 2.79. The summed E-state index contributed by atoms with van der Waals surface area (Å²) in [6.07, 6.45) is 3.66. The Morgan fingerprint density at radius 3 is 2.68 bits per heavy atom. The summed E-state index contributed by atoms with van der Waals surface area (Å²) in [6.45, 7) is 3.07. The zero-order chi connectivity index (χ0) is 26.5. The molecule has 0 aromatic carbocycles. The Kier molecular flexibility index (Phi) is 5.44. The van der Waals surface area contributed by atoms with E-state index in [1.54, 1.807) is 18.9 Å². The van der Waals surface area contributed by atoms with Crippen LogP contribution in [-0.4, -0.2) is 75.9 Å². The number of fused-ring (bicyclic) bond motifs is 7. The van der Waals surface area contributed by atoms with Gasteiger partial charge in [0, 0.05) is 41.2 Å². The van der Waals surface area contributed by atoms with Crippen LogP contribution in [0.4, 0.5) is 8.78 Å². The van der Waals surface area contributed by atoms with Crippen molar-refractivity contribution in [2.75, 3.05) is 19.7 Å². The Bertz CT molecular complexity index is 1180. The number of hydrogen-bond donors (Lipinski definition) is 2. The van der Waals surface area contributed by atoms with Gasteiger partial charge in [-0.25, -0.2) is 8.78 Å². The van der Waals surface area contributed by atoms with Crippen molar-refractivity contribution in [3.63, 3.8) is 0 Å². The van der Waals surface area contributed by atoms with Crippen LogP contribution in [0.3, 0.4) is 0 Å². The molecule has 1 heterocycles. The number of aliphatic hydroxyl groups excluding tert-OH is 2. The molecule has 4 fully saturated rings. The molecule has 1 saturated heterocycles. The molecule has 0 spiro atoms. The minimum Gasteiger partial charge on any atom is -0.390 e. The number of carbonyl (C=O) groups excluding carboxylic acids is 3. The first-order chi connectivity index (χ1) is 17.4. The molecule has 37 heavy (non-hydrogen) atoms. The fourth-order valence-corrected chi connectivity index (χ4v) is 9.03. The third-order valence-corrected chi connectivity index (χ3v) is 10.7. The van der Waals surface area contributed by atoms with Crippen molar-refractivity contribution < 1.29 is 38.2 Å². The third kappa shape index (κ3) is 2.97. The SMILES string of the molecule is C[C@]12C=CC(=O)C=C1[C@@H](F)C[C@H]1[C@@H]3C[C@H]4CN(CC5=CCCC5=O)O[C@@]4(C(=O)CO)[C@@]3(C)C[C@H](O)[C@@]12F. The number of hydrogen-bond acceptors (Lipinski definition) is 7. The van der Waals surface area contributed by atoms with Gasteiger partial charge in [0.2, 0.25) is 0 Å². The van der Waals surface area contributed by atoms with Crippen molar-refractivity contribution in [1.82, 2.24) is 5.06 Å². The molecule has 1 aliphatic heterocycles. The first kappa shape index (κ1) is 25.2. The molecule has 200 valence electrons. The maximum Gasteiger partial charge on any atom is 0.192 e. The number of nitrogens with zero attached hydrogens (tertiary/aromatic N) is 1. The van der Waals surface area contributed by atoms with Crippen molar-refractivity contribution in [1.29, 1.82) is 0 Å². The van der Waals surface area contributed by atoms with Gasteiger partial charge in [0.1, 0.15) is 12.8 Å². The number of carbonyl (C=O) groups is 3. The molecule has 5 aliphatic carbocycles. The molecule has 7 nitrogen and oxygen atoms in total. The van der Waals surface area contributed by atoms with E-state index in [1.807, 2.05) is 6.08 Å². The zero-order valence-corrected chi connectivity index (χ0v) is 21.1. The summed E-state index contributed by atoms with van der Waals surface area (Å²) < 4.78 is 33.0. The van der Waals surface area contributed by atoms with Crippen LogP contribution >= 0.6 is 0 Å². The summed E-state index contributed by atoms with van der Waals surface area (Å²) in [7, 11) is 0. The molecular weight excluding hydrogens is 484 g/mol. The molecule has 0 amide bonds. The Morgan fingerprint density at radius 1 is 1.24 bits per heavy atom. The van der Waals surface area contributed by atoms with Gasteiger partial charge in [0.25, 0.3) is 0 Å². The molecule has 0 aromatic heterocycles. The molecule has 0 radical (unpaired) electrons. The fourth-order valence-electron chi connectivity index (χ4n) is 9.03. The second-order valence-corrected chi connectivity index (χ2v) is 12.2. The summed E-state index contributed by atoms with van der Waals surface area (Å²) in [5.41, 5.74) is -5.66. The molecule has 9 atom stereocenters. The van der Waals surface area contributed by atoms with Crippen LogP contribution in [-0.2, 0) is 19.2 Å². The van der Waals surface area contributed by atoms with Crippen molar-refractivity contribution in [2.45, 2.75) is 69.5 Å². The van der Waals surface area contributed by atoms with Crippen molar-refractivity contribution in [3.8, 4) is 0 Å². The monoisotopic (exact) mass is 517 g/mol. The lowest BCUT2D eigenvalue weighted by molar-refractivity contribution is -0.265. The van der Waals surface area contributed by atoms with E-state index in [0.717, 1.165) is 6.08 Å². The minimum atomic E-state index is -2.24. The standard InChI is InChI=1S/C28H33F2NO6/c1-25-7-6-17(33)9-20(25)21(29)10-19-18-8-16-13-31(12-15-4-3-5-22(15)34)37-28(16,24(36)14-32)26(18,2)11-23(35)27(19,25)30/h4,6-7,9,16,18-19,21,23,32,35H,3,5,8,10-14H2,1-2H3/t16-,18-,19-,21-,23-,25-,26-,27-,28-/m0/s1. The van der Waals surface area contributed by atoms with Gasteiger partial charge in [0.15, 0.2) is 28.6 Å². The molecule has 3 saturated carbocycles. The summed E-state index contributed by atoms with van der Waals surface area (Å²) in [4.78, 5) is 44.1. The van der Waals surface area contributed by atoms with E-state index in [9.17, 15) is 24.6 Å². The van der Waals surface area contributed by atoms with Crippen LogP contribution in [0.2, 0.25) is 0 Å². The van der Waals surface area contributed by atoms with E-state index in [1.165, 1.54) is 12.2 Å². The number of aliphatic hydroxyl groups is 2. The first-order valence-electron chi connectivity index (χ1n) is 13.2. The molecule has 6 aliphatic rings. The number of allylic oxidation sites excluding steroid dienone is 5. The Morgan fingerprint density at radius 2 is 2.00 bits per heavy atom. The summed E-state index contributed by atoms with van der Waals surface area (Å²) in [6, 6.07) is 0. The highest BCUT2D eigenvalue weighted by atomic mass is 19.1. The summed E-state index contributed by atoms with van der Waals surface area (Å²) in [5.74, 6) is -2.76. The average Bonchev–Trinajstić information content (AvgIpc) is 3.49.